The quantitative estimate of drug-likeness (QED) is 0.791. The molecule has 0 saturated heterocycles. The molecule has 2 rings (SSSR count). The third-order valence-corrected chi connectivity index (χ3v) is 4.20. The first-order valence-corrected chi connectivity index (χ1v) is 7.52. The number of pyridine rings is 1. The van der Waals surface area contributed by atoms with E-state index in [0.29, 0.717) is 0 Å². The molecule has 0 fully saturated rings. The monoisotopic (exact) mass is 366 g/mol. The van der Waals surface area contributed by atoms with Gasteiger partial charge in [-0.05, 0) is 79.6 Å². The van der Waals surface area contributed by atoms with Crippen molar-refractivity contribution < 1.29 is 0 Å². The number of rotatable bonds is 3. The van der Waals surface area contributed by atoms with Crippen molar-refractivity contribution >= 4 is 28.3 Å². The van der Waals surface area contributed by atoms with Gasteiger partial charge in [-0.1, -0.05) is 12.1 Å². The van der Waals surface area contributed by atoms with E-state index in [9.17, 15) is 0 Å². The van der Waals surface area contributed by atoms with Crippen LogP contribution in [0, 0.1) is 24.3 Å². The van der Waals surface area contributed by atoms with Gasteiger partial charge in [-0.15, -0.1) is 0 Å². The van der Waals surface area contributed by atoms with Gasteiger partial charge in [0.15, 0.2) is 0 Å². The van der Waals surface area contributed by atoms with Crippen LogP contribution in [0.2, 0.25) is 0 Å². The molecule has 1 N–H and O–H groups in total. The van der Waals surface area contributed by atoms with Crippen LogP contribution in [-0.4, -0.2) is 4.98 Å². The van der Waals surface area contributed by atoms with Gasteiger partial charge in [-0.3, -0.25) is 4.98 Å². The first kappa shape index (κ1) is 14.3. The molecule has 100 valence electrons. The van der Waals surface area contributed by atoms with E-state index < -0.39 is 0 Å². The second kappa shape index (κ2) is 5.90. The molecule has 1 atom stereocenters. The molecule has 0 saturated carbocycles. The van der Waals surface area contributed by atoms with Crippen molar-refractivity contribution in [1.82, 2.24) is 4.98 Å². The van der Waals surface area contributed by atoms with E-state index in [4.69, 9.17) is 0 Å². The molecule has 19 heavy (non-hydrogen) atoms. The van der Waals surface area contributed by atoms with E-state index in [-0.39, 0.29) is 6.04 Å². The average molecular weight is 366 g/mol. The molecule has 0 spiro atoms. The molecule has 1 aromatic heterocycles. The molecular weight excluding hydrogens is 347 g/mol. The number of nitrogens with one attached hydrogen (secondary N) is 1. The molecule has 0 radical (unpaired) electrons. The maximum absolute atomic E-state index is 4.58. The SMILES string of the molecule is Cc1cc(C)c(C(C)Nc2ccccc2I)c(C)n1. The number of aryl methyl sites for hydroxylation is 3. The van der Waals surface area contributed by atoms with E-state index >= 15 is 0 Å². The summed E-state index contributed by atoms with van der Waals surface area (Å²) in [4.78, 5) is 4.58. The minimum atomic E-state index is 0.254. The van der Waals surface area contributed by atoms with Gasteiger partial charge < -0.3 is 5.32 Å². The highest BCUT2D eigenvalue weighted by molar-refractivity contribution is 14.1. The molecule has 2 nitrogen and oxygen atoms in total. The second-order valence-electron chi connectivity index (χ2n) is 4.93. The van der Waals surface area contributed by atoms with Crippen LogP contribution in [0.5, 0.6) is 0 Å². The van der Waals surface area contributed by atoms with Crippen LogP contribution in [0.25, 0.3) is 0 Å². The Morgan fingerprint density at radius 1 is 1.16 bits per heavy atom. The van der Waals surface area contributed by atoms with Crippen LogP contribution in [0.3, 0.4) is 0 Å². The Labute approximate surface area is 128 Å². The Kier molecular flexibility index (Phi) is 4.45. The molecule has 1 unspecified atom stereocenters. The van der Waals surface area contributed by atoms with E-state index in [2.05, 4.69) is 84.0 Å². The van der Waals surface area contributed by atoms with Crippen molar-refractivity contribution in [2.75, 3.05) is 5.32 Å². The van der Waals surface area contributed by atoms with Gasteiger partial charge in [0.25, 0.3) is 0 Å². The minimum absolute atomic E-state index is 0.254. The Morgan fingerprint density at radius 2 is 1.84 bits per heavy atom. The molecule has 3 heteroatoms. The molecule has 0 bridgehead atoms. The number of para-hydroxylation sites is 1. The van der Waals surface area contributed by atoms with Crippen molar-refractivity contribution in [2.24, 2.45) is 0 Å². The van der Waals surface area contributed by atoms with Gasteiger partial charge in [0.1, 0.15) is 0 Å². The highest BCUT2D eigenvalue weighted by Crippen LogP contribution is 2.27. The minimum Gasteiger partial charge on any atom is -0.378 e. The molecule has 2 aromatic rings. The van der Waals surface area contributed by atoms with E-state index in [1.807, 2.05) is 6.92 Å². The lowest BCUT2D eigenvalue weighted by Crippen LogP contribution is -2.12. The molecular formula is C16H19IN2. The third kappa shape index (κ3) is 3.26. The van der Waals surface area contributed by atoms with Crippen LogP contribution in [-0.2, 0) is 0 Å². The Morgan fingerprint density at radius 3 is 2.47 bits per heavy atom. The average Bonchev–Trinajstić information content (AvgIpc) is 2.30. The number of halogens is 1. The highest BCUT2D eigenvalue weighted by Gasteiger charge is 2.13. The lowest BCUT2D eigenvalue weighted by atomic mass is 10.00. The summed E-state index contributed by atoms with van der Waals surface area (Å²) in [6, 6.07) is 10.7. The van der Waals surface area contributed by atoms with Gasteiger partial charge in [0.2, 0.25) is 0 Å². The van der Waals surface area contributed by atoms with E-state index in [1.165, 1.54) is 20.4 Å². The summed E-state index contributed by atoms with van der Waals surface area (Å²) < 4.78 is 1.24. The number of benzene rings is 1. The van der Waals surface area contributed by atoms with Crippen LogP contribution < -0.4 is 5.32 Å². The first-order valence-electron chi connectivity index (χ1n) is 6.45. The van der Waals surface area contributed by atoms with Crippen LogP contribution in [0.15, 0.2) is 30.3 Å². The fourth-order valence-electron chi connectivity index (χ4n) is 2.57. The summed E-state index contributed by atoms with van der Waals surface area (Å²) in [5, 5.41) is 3.58. The zero-order chi connectivity index (χ0) is 14.0. The van der Waals surface area contributed by atoms with Gasteiger partial charge >= 0.3 is 0 Å². The van der Waals surface area contributed by atoms with Crippen molar-refractivity contribution in [3.8, 4) is 0 Å². The largest absolute Gasteiger partial charge is 0.378 e. The van der Waals surface area contributed by atoms with Crippen LogP contribution >= 0.6 is 22.6 Å². The summed E-state index contributed by atoms with van der Waals surface area (Å²) in [5.41, 5.74) is 5.97. The summed E-state index contributed by atoms with van der Waals surface area (Å²) >= 11 is 2.36. The van der Waals surface area contributed by atoms with Gasteiger partial charge in [0, 0.05) is 20.6 Å². The summed E-state index contributed by atoms with van der Waals surface area (Å²) in [7, 11) is 0. The lowest BCUT2D eigenvalue weighted by molar-refractivity contribution is 0.842. The predicted molar refractivity (Wildman–Crippen MR) is 89.6 cm³/mol. The summed E-state index contributed by atoms with van der Waals surface area (Å²) in [6.45, 7) is 8.48. The summed E-state index contributed by atoms with van der Waals surface area (Å²) in [6.07, 6.45) is 0. The zero-order valence-electron chi connectivity index (χ0n) is 11.8. The van der Waals surface area contributed by atoms with Crippen LogP contribution in [0.1, 0.15) is 35.5 Å². The lowest BCUT2D eigenvalue weighted by Gasteiger charge is -2.20. The van der Waals surface area contributed by atoms with Gasteiger partial charge in [-0.2, -0.15) is 0 Å². The third-order valence-electron chi connectivity index (χ3n) is 3.26. The number of anilines is 1. The fraction of sp³-hybridized carbons (Fsp3) is 0.312. The normalized spacial score (nSPS) is 12.3. The smallest absolute Gasteiger partial charge is 0.0506 e. The molecule has 1 aromatic carbocycles. The van der Waals surface area contributed by atoms with Crippen molar-refractivity contribution in [3.05, 3.63) is 56.4 Å². The number of nitrogens with zero attached hydrogens (tertiary/aromatic N) is 1. The Bertz CT molecular complexity index is 570. The van der Waals surface area contributed by atoms with E-state index in [0.717, 1.165) is 11.4 Å². The highest BCUT2D eigenvalue weighted by atomic mass is 127. The van der Waals surface area contributed by atoms with Crippen LogP contribution in [0.4, 0.5) is 5.69 Å². The van der Waals surface area contributed by atoms with Gasteiger partial charge in [-0.25, -0.2) is 0 Å². The summed E-state index contributed by atoms with van der Waals surface area (Å²) in [5.74, 6) is 0. The zero-order valence-corrected chi connectivity index (χ0v) is 13.9. The topological polar surface area (TPSA) is 24.9 Å². The number of hydrogen-bond donors (Lipinski definition) is 1. The van der Waals surface area contributed by atoms with Crippen molar-refractivity contribution in [1.29, 1.82) is 0 Å². The second-order valence-corrected chi connectivity index (χ2v) is 6.09. The fourth-order valence-corrected chi connectivity index (χ4v) is 3.12. The number of hydrogen-bond acceptors (Lipinski definition) is 2. The predicted octanol–water partition coefficient (Wildman–Crippen LogP) is 4.78. The van der Waals surface area contributed by atoms with Crippen molar-refractivity contribution in [2.45, 2.75) is 33.7 Å². The standard InChI is InChI=1S/C16H19IN2/c1-10-9-11(2)18-12(3)16(10)13(4)19-15-8-6-5-7-14(15)17/h5-9,13,19H,1-4H3. The first-order chi connectivity index (χ1) is 8.99. The Hall–Kier alpha value is -1.10. The maximum Gasteiger partial charge on any atom is 0.0506 e. The molecule has 0 amide bonds. The van der Waals surface area contributed by atoms with Crippen molar-refractivity contribution in [3.63, 3.8) is 0 Å². The molecule has 0 aliphatic heterocycles. The molecule has 0 aliphatic rings. The molecule has 0 aliphatic carbocycles. The Balaban J connectivity index is 2.31. The van der Waals surface area contributed by atoms with Gasteiger partial charge in [0.05, 0.1) is 6.04 Å². The number of aromatic nitrogens is 1. The maximum atomic E-state index is 4.58. The molecule has 1 heterocycles. The van der Waals surface area contributed by atoms with E-state index in [1.54, 1.807) is 0 Å².